The maximum atomic E-state index is 14.5. The van der Waals surface area contributed by atoms with E-state index in [1.54, 1.807) is 16.1 Å². The first-order chi connectivity index (χ1) is 13.0. The van der Waals surface area contributed by atoms with Crippen LogP contribution in [0.2, 0.25) is 0 Å². The van der Waals surface area contributed by atoms with Crippen LogP contribution in [0.5, 0.6) is 0 Å². The van der Waals surface area contributed by atoms with Crippen molar-refractivity contribution in [1.29, 1.82) is 0 Å². The van der Waals surface area contributed by atoms with Gasteiger partial charge >= 0.3 is 0 Å². The largest absolute Gasteiger partial charge is 0.396 e. The van der Waals surface area contributed by atoms with Crippen LogP contribution in [0, 0.1) is 18.6 Å². The predicted octanol–water partition coefficient (Wildman–Crippen LogP) is 4.78. The number of aromatic nitrogens is 2. The first-order valence-corrected chi connectivity index (χ1v) is 9.51. The molecule has 0 atom stereocenters. The number of anilines is 1. The molecule has 0 amide bonds. The quantitative estimate of drug-likeness (QED) is 0.507. The summed E-state index contributed by atoms with van der Waals surface area (Å²) in [6.45, 7) is 1.84. The number of nitrogens with two attached hydrogens (primary N) is 1. The minimum atomic E-state index is -0.664. The van der Waals surface area contributed by atoms with Gasteiger partial charge in [-0.25, -0.2) is 13.8 Å². The second-order valence-corrected chi connectivity index (χ2v) is 7.78. The summed E-state index contributed by atoms with van der Waals surface area (Å²) in [5.74, 6) is -1.25. The molecule has 5 rings (SSSR count). The monoisotopic (exact) mass is 383 g/mol. The molecule has 4 aromatic rings. The Kier molecular flexibility index (Phi) is 3.40. The number of pyridine rings is 1. The number of aryl methyl sites for hydroxylation is 1. The number of fused-ring (bicyclic) bond motifs is 3. The molecule has 2 aromatic heterocycles. The molecular weight excluding hydrogens is 368 g/mol. The van der Waals surface area contributed by atoms with Gasteiger partial charge in [0, 0.05) is 23.1 Å². The Morgan fingerprint density at radius 3 is 2.70 bits per heavy atom. The van der Waals surface area contributed by atoms with E-state index in [1.807, 2.05) is 13.0 Å². The zero-order valence-electron chi connectivity index (χ0n) is 14.4. The highest BCUT2D eigenvalue weighted by Crippen LogP contribution is 2.41. The molecule has 0 saturated heterocycles. The van der Waals surface area contributed by atoms with Gasteiger partial charge in [0.2, 0.25) is 0 Å². The minimum Gasteiger partial charge on any atom is -0.396 e. The summed E-state index contributed by atoms with van der Waals surface area (Å²) in [6, 6.07) is 5.88. The lowest BCUT2D eigenvalue weighted by atomic mass is 9.96. The fourth-order valence-corrected chi connectivity index (χ4v) is 4.55. The van der Waals surface area contributed by atoms with Gasteiger partial charge in [0.25, 0.3) is 5.56 Å². The van der Waals surface area contributed by atoms with Crippen molar-refractivity contribution in [2.45, 2.75) is 25.8 Å². The van der Waals surface area contributed by atoms with Crippen molar-refractivity contribution in [3.8, 4) is 11.1 Å². The summed E-state index contributed by atoms with van der Waals surface area (Å²) < 4.78 is 31.1. The number of hydrogen-bond acceptors (Lipinski definition) is 4. The van der Waals surface area contributed by atoms with E-state index in [4.69, 9.17) is 5.73 Å². The molecule has 1 fully saturated rings. The molecule has 2 aromatic carbocycles. The maximum absolute atomic E-state index is 14.5. The van der Waals surface area contributed by atoms with Crippen molar-refractivity contribution in [2.24, 2.45) is 0 Å². The molecule has 1 aliphatic carbocycles. The van der Waals surface area contributed by atoms with Crippen molar-refractivity contribution >= 4 is 38.1 Å². The lowest BCUT2D eigenvalue weighted by Crippen LogP contribution is -2.20. The Morgan fingerprint density at radius 2 is 1.96 bits per heavy atom. The molecule has 1 saturated carbocycles. The molecule has 136 valence electrons. The average Bonchev–Trinajstić information content (AvgIpc) is 3.34. The van der Waals surface area contributed by atoms with E-state index in [1.165, 1.54) is 11.3 Å². The van der Waals surface area contributed by atoms with Crippen LogP contribution in [0.25, 0.3) is 32.2 Å². The third-order valence-electron chi connectivity index (χ3n) is 5.19. The number of thiazole rings is 1. The van der Waals surface area contributed by atoms with Gasteiger partial charge in [-0.1, -0.05) is 12.1 Å². The van der Waals surface area contributed by atoms with Gasteiger partial charge in [0.15, 0.2) is 0 Å². The van der Waals surface area contributed by atoms with E-state index < -0.39 is 11.6 Å². The number of rotatable bonds is 2. The van der Waals surface area contributed by atoms with Crippen LogP contribution in [0.4, 0.5) is 14.5 Å². The van der Waals surface area contributed by atoms with Gasteiger partial charge in [0.1, 0.15) is 17.2 Å². The average molecular weight is 383 g/mol. The third kappa shape index (κ3) is 2.31. The summed E-state index contributed by atoms with van der Waals surface area (Å²) in [4.78, 5) is 17.3. The van der Waals surface area contributed by atoms with Crippen molar-refractivity contribution in [1.82, 2.24) is 9.55 Å². The van der Waals surface area contributed by atoms with Gasteiger partial charge in [-0.15, -0.1) is 11.3 Å². The van der Waals surface area contributed by atoms with Crippen molar-refractivity contribution in [3.05, 3.63) is 57.3 Å². The predicted molar refractivity (Wildman–Crippen MR) is 104 cm³/mol. The Hall–Kier alpha value is -2.80. The molecule has 2 N–H and O–H groups in total. The number of nitrogen functional groups attached to an aromatic ring is 1. The number of hydrogen-bond donors (Lipinski definition) is 1. The lowest BCUT2D eigenvalue weighted by molar-refractivity contribution is 0.607. The molecular formula is C20H15F2N3OS. The van der Waals surface area contributed by atoms with Gasteiger partial charge < -0.3 is 10.3 Å². The third-order valence-corrected chi connectivity index (χ3v) is 6.05. The summed E-state index contributed by atoms with van der Waals surface area (Å²) in [5.41, 5.74) is 9.47. The van der Waals surface area contributed by atoms with Crippen LogP contribution in [0.15, 0.2) is 34.6 Å². The van der Waals surface area contributed by atoms with E-state index in [-0.39, 0.29) is 22.9 Å². The molecule has 1 aliphatic rings. The Labute approximate surface area is 156 Å². The van der Waals surface area contributed by atoms with Crippen LogP contribution < -0.4 is 11.3 Å². The van der Waals surface area contributed by atoms with E-state index in [9.17, 15) is 13.6 Å². The molecule has 27 heavy (non-hydrogen) atoms. The summed E-state index contributed by atoms with van der Waals surface area (Å²) >= 11 is 1.41. The first kappa shape index (κ1) is 16.4. The number of benzene rings is 2. The van der Waals surface area contributed by atoms with Gasteiger partial charge in [-0.05, 0) is 37.0 Å². The zero-order chi connectivity index (χ0) is 18.9. The highest BCUT2D eigenvalue weighted by atomic mass is 32.1. The molecule has 0 bridgehead atoms. The van der Waals surface area contributed by atoms with E-state index >= 15 is 0 Å². The fraction of sp³-hybridized carbons (Fsp3) is 0.200. The molecule has 7 heteroatoms. The molecule has 0 spiro atoms. The van der Waals surface area contributed by atoms with E-state index in [0.29, 0.717) is 11.1 Å². The number of halogens is 2. The van der Waals surface area contributed by atoms with Crippen LogP contribution >= 0.6 is 11.3 Å². The smallest absolute Gasteiger partial charge is 0.278 e. The highest BCUT2D eigenvalue weighted by molar-refractivity contribution is 7.17. The van der Waals surface area contributed by atoms with Gasteiger partial charge in [-0.2, -0.15) is 0 Å². The second kappa shape index (κ2) is 5.60. The normalized spacial score (nSPS) is 14.3. The summed E-state index contributed by atoms with van der Waals surface area (Å²) in [5, 5.41) is 0.913. The number of nitrogens with zero attached hydrogens (tertiary/aromatic N) is 2. The van der Waals surface area contributed by atoms with Crippen LogP contribution in [-0.2, 0) is 0 Å². The first-order valence-electron chi connectivity index (χ1n) is 8.63. The maximum Gasteiger partial charge on any atom is 0.278 e. The Bertz CT molecular complexity index is 1300. The summed E-state index contributed by atoms with van der Waals surface area (Å²) in [6.07, 6.45) is 1.86. The molecule has 4 nitrogen and oxygen atoms in total. The Morgan fingerprint density at radius 1 is 1.19 bits per heavy atom. The fourth-order valence-electron chi connectivity index (χ4n) is 3.74. The van der Waals surface area contributed by atoms with Crippen molar-refractivity contribution < 1.29 is 8.78 Å². The van der Waals surface area contributed by atoms with E-state index in [2.05, 4.69) is 4.98 Å². The molecule has 0 aliphatic heterocycles. The highest BCUT2D eigenvalue weighted by Gasteiger charge is 2.29. The molecule has 0 radical (unpaired) electrons. The standard InChI is InChI=1S/C20H15F2N3OS/c1-9-11(13-6-15(22)16(23)7-14(13)21)4-5-12-18(9)25(10-2-3-10)20(26)17-19(12)27-8-24-17/h4-8,10H,2-3,23H2,1H3. The second-order valence-electron chi connectivity index (χ2n) is 6.92. The summed E-state index contributed by atoms with van der Waals surface area (Å²) in [7, 11) is 0. The van der Waals surface area contributed by atoms with Gasteiger partial charge in [-0.3, -0.25) is 4.79 Å². The van der Waals surface area contributed by atoms with Crippen molar-refractivity contribution in [3.63, 3.8) is 0 Å². The van der Waals surface area contributed by atoms with Crippen molar-refractivity contribution in [2.75, 3.05) is 5.73 Å². The Balaban J connectivity index is 1.92. The topological polar surface area (TPSA) is 60.9 Å². The SMILES string of the molecule is Cc1c(-c2cc(F)c(N)cc2F)ccc2c3scnc3c(=O)n(C3CC3)c12. The molecule has 0 unspecified atom stereocenters. The molecule has 2 heterocycles. The lowest BCUT2D eigenvalue weighted by Gasteiger charge is -2.16. The van der Waals surface area contributed by atoms with Crippen LogP contribution in [0.1, 0.15) is 24.4 Å². The van der Waals surface area contributed by atoms with Crippen LogP contribution in [0.3, 0.4) is 0 Å². The zero-order valence-corrected chi connectivity index (χ0v) is 15.2. The van der Waals surface area contributed by atoms with E-state index in [0.717, 1.165) is 46.1 Å². The van der Waals surface area contributed by atoms with Crippen LogP contribution in [-0.4, -0.2) is 9.55 Å². The minimum absolute atomic E-state index is 0.120. The van der Waals surface area contributed by atoms with Gasteiger partial charge in [0.05, 0.1) is 21.4 Å².